The van der Waals surface area contributed by atoms with Crippen LogP contribution in [0.4, 0.5) is 4.39 Å². The summed E-state index contributed by atoms with van der Waals surface area (Å²) in [7, 11) is 0. The molecule has 3 nitrogen and oxygen atoms in total. The fourth-order valence-electron chi connectivity index (χ4n) is 2.62. The number of carbonyl (C=O) groups is 1. The Balaban J connectivity index is 1.63. The van der Waals surface area contributed by atoms with Crippen LogP contribution in [0.3, 0.4) is 0 Å². The number of hydrogen-bond donors (Lipinski definition) is 1. The Hall–Kier alpha value is -0.940. The van der Waals surface area contributed by atoms with Gasteiger partial charge in [0.2, 0.25) is 0 Å². The van der Waals surface area contributed by atoms with Crippen molar-refractivity contribution in [2.24, 2.45) is 0 Å². The molecule has 102 valence electrons. The smallest absolute Gasteiger partial charge is 0.252 e. The summed E-state index contributed by atoms with van der Waals surface area (Å²) in [6, 6.07) is 5.45. The van der Waals surface area contributed by atoms with Crippen molar-refractivity contribution >= 4 is 21.8 Å². The highest BCUT2D eigenvalue weighted by atomic mass is 79.9. The summed E-state index contributed by atoms with van der Waals surface area (Å²) in [6.07, 6.45) is 3.56. The van der Waals surface area contributed by atoms with E-state index >= 15 is 0 Å². The van der Waals surface area contributed by atoms with Gasteiger partial charge < -0.3 is 5.32 Å². The number of likely N-dealkylation sites (tertiary alicyclic amines) is 1. The van der Waals surface area contributed by atoms with Crippen molar-refractivity contribution in [3.8, 4) is 0 Å². The normalized spacial score (nSPS) is 23.6. The standard InChI is InChI=1S/C14H16BrFN2O/c15-13-11(2-1-3-12(13)16)14(19)17-9-6-7-18(8-9)10-4-5-10/h1-3,9-10H,4-8H2,(H,17,19). The lowest BCUT2D eigenvalue weighted by atomic mass is 10.2. The Morgan fingerprint density at radius 2 is 2.16 bits per heavy atom. The molecule has 1 aromatic rings. The lowest BCUT2D eigenvalue weighted by Crippen LogP contribution is -2.37. The Bertz CT molecular complexity index is 504. The fraction of sp³-hybridized carbons (Fsp3) is 0.500. The van der Waals surface area contributed by atoms with E-state index in [1.165, 1.54) is 18.9 Å². The summed E-state index contributed by atoms with van der Waals surface area (Å²) in [5, 5.41) is 3.00. The van der Waals surface area contributed by atoms with Crippen LogP contribution < -0.4 is 5.32 Å². The Kier molecular flexibility index (Phi) is 3.58. The van der Waals surface area contributed by atoms with Crippen LogP contribution in [0.1, 0.15) is 29.6 Å². The molecule has 1 aliphatic heterocycles. The van der Waals surface area contributed by atoms with Crippen LogP contribution in [0.2, 0.25) is 0 Å². The molecule has 1 heterocycles. The molecule has 19 heavy (non-hydrogen) atoms. The minimum Gasteiger partial charge on any atom is -0.348 e. The molecule has 0 aromatic heterocycles. The second kappa shape index (κ2) is 5.21. The number of nitrogens with zero attached hydrogens (tertiary/aromatic N) is 1. The molecule has 2 aliphatic rings. The maximum atomic E-state index is 13.4. The molecule has 0 radical (unpaired) electrons. The third kappa shape index (κ3) is 2.82. The van der Waals surface area contributed by atoms with Gasteiger partial charge >= 0.3 is 0 Å². The number of halogens is 2. The molecule has 1 amide bonds. The molecule has 5 heteroatoms. The Morgan fingerprint density at radius 1 is 1.37 bits per heavy atom. The molecule has 1 aliphatic carbocycles. The summed E-state index contributed by atoms with van der Waals surface area (Å²) in [5.41, 5.74) is 0.366. The first kappa shape index (κ1) is 13.1. The minimum absolute atomic E-state index is 0.184. The van der Waals surface area contributed by atoms with Crippen LogP contribution in [0.25, 0.3) is 0 Å². The Labute approximate surface area is 120 Å². The molecular formula is C14H16BrFN2O. The van der Waals surface area contributed by atoms with Crippen molar-refractivity contribution in [1.82, 2.24) is 10.2 Å². The SMILES string of the molecule is O=C(NC1CCN(C2CC2)C1)c1cccc(F)c1Br. The van der Waals surface area contributed by atoms with Crippen LogP contribution in [-0.4, -0.2) is 36.0 Å². The molecule has 1 saturated heterocycles. The highest BCUT2D eigenvalue weighted by molar-refractivity contribution is 9.10. The largest absolute Gasteiger partial charge is 0.348 e. The molecular weight excluding hydrogens is 311 g/mol. The van der Waals surface area contributed by atoms with Gasteiger partial charge in [0.1, 0.15) is 5.82 Å². The van der Waals surface area contributed by atoms with Crippen molar-refractivity contribution in [3.05, 3.63) is 34.1 Å². The minimum atomic E-state index is -0.404. The maximum Gasteiger partial charge on any atom is 0.252 e. The summed E-state index contributed by atoms with van der Waals surface area (Å²) >= 11 is 3.13. The molecule has 2 fully saturated rings. The van der Waals surface area contributed by atoms with E-state index in [0.717, 1.165) is 25.6 Å². The molecule has 0 spiro atoms. The monoisotopic (exact) mass is 326 g/mol. The quantitative estimate of drug-likeness (QED) is 0.925. The van der Waals surface area contributed by atoms with E-state index in [4.69, 9.17) is 0 Å². The van der Waals surface area contributed by atoms with E-state index in [-0.39, 0.29) is 16.4 Å². The summed E-state index contributed by atoms with van der Waals surface area (Å²) in [6.45, 7) is 1.98. The van der Waals surface area contributed by atoms with Gasteiger partial charge in [0.05, 0.1) is 10.0 Å². The van der Waals surface area contributed by atoms with Gasteiger partial charge in [0.25, 0.3) is 5.91 Å². The maximum absolute atomic E-state index is 13.4. The molecule has 1 aromatic carbocycles. The molecule has 0 bridgehead atoms. The van der Waals surface area contributed by atoms with E-state index in [9.17, 15) is 9.18 Å². The number of amides is 1. The second-order valence-corrected chi connectivity index (χ2v) is 6.08. The van der Waals surface area contributed by atoms with Gasteiger partial charge in [-0.3, -0.25) is 9.69 Å². The van der Waals surface area contributed by atoms with Crippen molar-refractivity contribution in [1.29, 1.82) is 0 Å². The zero-order chi connectivity index (χ0) is 13.4. The third-order valence-corrected chi connectivity index (χ3v) is 4.62. The fourth-order valence-corrected chi connectivity index (χ4v) is 3.06. The highest BCUT2D eigenvalue weighted by Crippen LogP contribution is 2.30. The van der Waals surface area contributed by atoms with Gasteiger partial charge in [-0.1, -0.05) is 6.07 Å². The zero-order valence-corrected chi connectivity index (χ0v) is 12.1. The zero-order valence-electron chi connectivity index (χ0n) is 10.5. The van der Waals surface area contributed by atoms with Gasteiger partial charge in [-0.15, -0.1) is 0 Å². The van der Waals surface area contributed by atoms with Crippen molar-refractivity contribution in [2.45, 2.75) is 31.3 Å². The van der Waals surface area contributed by atoms with E-state index in [1.54, 1.807) is 12.1 Å². The van der Waals surface area contributed by atoms with E-state index < -0.39 is 5.82 Å². The second-order valence-electron chi connectivity index (χ2n) is 5.29. The number of carbonyl (C=O) groups excluding carboxylic acids is 1. The van der Waals surface area contributed by atoms with Crippen molar-refractivity contribution in [2.75, 3.05) is 13.1 Å². The summed E-state index contributed by atoms with van der Waals surface area (Å²) < 4.78 is 13.6. The molecule has 1 N–H and O–H groups in total. The van der Waals surface area contributed by atoms with E-state index in [1.807, 2.05) is 0 Å². The predicted molar refractivity (Wildman–Crippen MR) is 74.6 cm³/mol. The van der Waals surface area contributed by atoms with Gasteiger partial charge in [-0.25, -0.2) is 4.39 Å². The van der Waals surface area contributed by atoms with E-state index in [0.29, 0.717) is 5.56 Å². The topological polar surface area (TPSA) is 32.3 Å². The molecule has 3 rings (SSSR count). The molecule has 1 atom stereocenters. The van der Waals surface area contributed by atoms with Crippen LogP contribution in [0, 0.1) is 5.82 Å². The van der Waals surface area contributed by atoms with Crippen LogP contribution in [0.5, 0.6) is 0 Å². The van der Waals surface area contributed by atoms with Gasteiger partial charge in [0.15, 0.2) is 0 Å². The average Bonchev–Trinajstić information content (AvgIpc) is 3.14. The number of benzene rings is 1. The van der Waals surface area contributed by atoms with Crippen molar-refractivity contribution < 1.29 is 9.18 Å². The average molecular weight is 327 g/mol. The number of hydrogen-bond acceptors (Lipinski definition) is 2. The lowest BCUT2D eigenvalue weighted by Gasteiger charge is -2.16. The summed E-state index contributed by atoms with van der Waals surface area (Å²) in [5.74, 6) is -0.604. The number of rotatable bonds is 3. The third-order valence-electron chi connectivity index (χ3n) is 3.81. The van der Waals surface area contributed by atoms with Crippen LogP contribution >= 0.6 is 15.9 Å². The predicted octanol–water partition coefficient (Wildman–Crippen LogP) is 2.55. The molecule has 1 saturated carbocycles. The van der Waals surface area contributed by atoms with Crippen molar-refractivity contribution in [3.63, 3.8) is 0 Å². The van der Waals surface area contributed by atoms with Gasteiger partial charge in [0, 0.05) is 25.2 Å². The number of nitrogens with one attached hydrogen (secondary N) is 1. The highest BCUT2D eigenvalue weighted by Gasteiger charge is 2.34. The van der Waals surface area contributed by atoms with Gasteiger partial charge in [-0.2, -0.15) is 0 Å². The van der Waals surface area contributed by atoms with Crippen LogP contribution in [0.15, 0.2) is 22.7 Å². The van der Waals surface area contributed by atoms with Gasteiger partial charge in [-0.05, 0) is 47.3 Å². The first-order valence-electron chi connectivity index (χ1n) is 6.64. The first-order chi connectivity index (χ1) is 9.15. The molecule has 1 unspecified atom stereocenters. The first-order valence-corrected chi connectivity index (χ1v) is 7.43. The summed E-state index contributed by atoms with van der Waals surface area (Å²) in [4.78, 5) is 14.6. The lowest BCUT2D eigenvalue weighted by molar-refractivity contribution is 0.0936. The Morgan fingerprint density at radius 3 is 2.89 bits per heavy atom. The van der Waals surface area contributed by atoms with Crippen LogP contribution in [-0.2, 0) is 0 Å². The van der Waals surface area contributed by atoms with E-state index in [2.05, 4.69) is 26.1 Å².